The van der Waals surface area contributed by atoms with Crippen molar-refractivity contribution in [1.29, 1.82) is 0 Å². The molecule has 2 atom stereocenters. The molecular weight excluding hydrogens is 190 g/mol. The lowest BCUT2D eigenvalue weighted by atomic mass is 9.87. The second-order valence-corrected chi connectivity index (χ2v) is 5.47. The molecule has 1 heterocycles. The van der Waals surface area contributed by atoms with Gasteiger partial charge in [-0.05, 0) is 18.9 Å². The van der Waals surface area contributed by atoms with Crippen LogP contribution in [0.1, 0.15) is 27.2 Å². The fourth-order valence-corrected chi connectivity index (χ4v) is 1.83. The minimum atomic E-state index is 0.251. The molecule has 0 bridgehead atoms. The van der Waals surface area contributed by atoms with Crippen molar-refractivity contribution in [1.82, 2.24) is 5.32 Å². The number of hydrogen-bond acceptors (Lipinski definition) is 3. The van der Waals surface area contributed by atoms with E-state index in [4.69, 9.17) is 9.47 Å². The van der Waals surface area contributed by atoms with Gasteiger partial charge in [0.25, 0.3) is 0 Å². The lowest BCUT2D eigenvalue weighted by molar-refractivity contribution is 0.0521. The smallest absolute Gasteiger partial charge is 0.0624 e. The highest BCUT2D eigenvalue weighted by molar-refractivity contribution is 4.78. The first-order valence-electron chi connectivity index (χ1n) is 5.87. The average molecular weight is 215 g/mol. The Bertz CT molecular complexity index is 171. The quantitative estimate of drug-likeness (QED) is 0.757. The molecule has 3 heteroatoms. The largest absolute Gasteiger partial charge is 0.381 e. The zero-order chi connectivity index (χ0) is 11.3. The molecular formula is C12H25NO2. The minimum Gasteiger partial charge on any atom is -0.381 e. The van der Waals surface area contributed by atoms with Crippen molar-refractivity contribution in [2.24, 2.45) is 11.3 Å². The van der Waals surface area contributed by atoms with Gasteiger partial charge in [0.05, 0.1) is 19.8 Å². The third-order valence-electron chi connectivity index (χ3n) is 3.06. The van der Waals surface area contributed by atoms with E-state index in [0.29, 0.717) is 12.0 Å². The van der Waals surface area contributed by atoms with Crippen molar-refractivity contribution < 1.29 is 9.47 Å². The van der Waals surface area contributed by atoms with Crippen LogP contribution < -0.4 is 5.32 Å². The van der Waals surface area contributed by atoms with Crippen LogP contribution >= 0.6 is 0 Å². The van der Waals surface area contributed by atoms with Crippen molar-refractivity contribution in [3.63, 3.8) is 0 Å². The van der Waals surface area contributed by atoms with Gasteiger partial charge in [-0.15, -0.1) is 0 Å². The second-order valence-electron chi connectivity index (χ2n) is 5.47. The molecule has 0 aromatic carbocycles. The summed E-state index contributed by atoms with van der Waals surface area (Å²) >= 11 is 0. The number of rotatable bonds is 5. The molecule has 1 fully saturated rings. The average Bonchev–Trinajstić information content (AvgIpc) is 2.62. The number of ether oxygens (including phenoxy) is 2. The van der Waals surface area contributed by atoms with Gasteiger partial charge in [-0.25, -0.2) is 0 Å². The van der Waals surface area contributed by atoms with Gasteiger partial charge < -0.3 is 14.8 Å². The molecule has 0 spiro atoms. The highest BCUT2D eigenvalue weighted by Crippen LogP contribution is 2.20. The van der Waals surface area contributed by atoms with Gasteiger partial charge in [0.1, 0.15) is 0 Å². The predicted octanol–water partition coefficient (Wildman–Crippen LogP) is 1.67. The van der Waals surface area contributed by atoms with Crippen LogP contribution in [0.5, 0.6) is 0 Å². The second kappa shape index (κ2) is 5.83. The fourth-order valence-electron chi connectivity index (χ4n) is 1.83. The Labute approximate surface area is 93.5 Å². The Morgan fingerprint density at radius 3 is 2.67 bits per heavy atom. The van der Waals surface area contributed by atoms with E-state index in [-0.39, 0.29) is 5.41 Å². The fraction of sp³-hybridized carbons (Fsp3) is 1.00. The summed E-state index contributed by atoms with van der Waals surface area (Å²) in [4.78, 5) is 0. The van der Waals surface area contributed by atoms with E-state index < -0.39 is 0 Å². The summed E-state index contributed by atoms with van der Waals surface area (Å²) in [5.74, 6) is 0.613. The third-order valence-corrected chi connectivity index (χ3v) is 3.06. The van der Waals surface area contributed by atoms with E-state index in [1.165, 1.54) is 0 Å². The van der Waals surface area contributed by atoms with E-state index in [0.717, 1.165) is 32.8 Å². The molecule has 2 unspecified atom stereocenters. The molecule has 0 aromatic rings. The minimum absolute atomic E-state index is 0.251. The maximum Gasteiger partial charge on any atom is 0.0624 e. The van der Waals surface area contributed by atoms with Gasteiger partial charge in [0.2, 0.25) is 0 Å². The van der Waals surface area contributed by atoms with Crippen LogP contribution in [0.15, 0.2) is 0 Å². The van der Waals surface area contributed by atoms with Crippen LogP contribution in [0, 0.1) is 11.3 Å². The molecule has 0 aliphatic carbocycles. The monoisotopic (exact) mass is 215 g/mol. The molecule has 15 heavy (non-hydrogen) atoms. The standard InChI is InChI=1S/C12H25NO2/c1-12(2,3)11(13-4)9-15-8-10-5-6-14-7-10/h10-11,13H,5-9H2,1-4H3. The van der Waals surface area contributed by atoms with Crippen molar-refractivity contribution in [3.8, 4) is 0 Å². The Kier molecular flexibility index (Phi) is 5.03. The van der Waals surface area contributed by atoms with Gasteiger partial charge in [-0.2, -0.15) is 0 Å². The van der Waals surface area contributed by atoms with E-state index in [1.807, 2.05) is 7.05 Å². The SMILES string of the molecule is CNC(COCC1CCOC1)C(C)(C)C. The van der Waals surface area contributed by atoms with E-state index in [1.54, 1.807) is 0 Å². The Morgan fingerprint density at radius 1 is 1.47 bits per heavy atom. The number of nitrogens with one attached hydrogen (secondary N) is 1. The molecule has 90 valence electrons. The van der Waals surface area contributed by atoms with Crippen LogP contribution in [-0.2, 0) is 9.47 Å². The molecule has 1 N–H and O–H groups in total. The van der Waals surface area contributed by atoms with E-state index in [9.17, 15) is 0 Å². The Hall–Kier alpha value is -0.120. The highest BCUT2D eigenvalue weighted by atomic mass is 16.5. The van der Waals surface area contributed by atoms with Gasteiger partial charge in [0, 0.05) is 18.6 Å². The summed E-state index contributed by atoms with van der Waals surface area (Å²) in [5.41, 5.74) is 0.251. The molecule has 1 saturated heterocycles. The zero-order valence-electron chi connectivity index (χ0n) is 10.5. The topological polar surface area (TPSA) is 30.5 Å². The molecule has 3 nitrogen and oxygen atoms in total. The van der Waals surface area contributed by atoms with Gasteiger partial charge in [0.15, 0.2) is 0 Å². The van der Waals surface area contributed by atoms with Crippen LogP contribution in [0.25, 0.3) is 0 Å². The molecule has 1 aliphatic heterocycles. The summed E-state index contributed by atoms with van der Waals surface area (Å²) in [6.45, 7) is 10.1. The molecule has 0 saturated carbocycles. The summed E-state index contributed by atoms with van der Waals surface area (Å²) in [6.07, 6.45) is 1.15. The summed E-state index contributed by atoms with van der Waals surface area (Å²) < 4.78 is 11.1. The zero-order valence-corrected chi connectivity index (χ0v) is 10.5. The lowest BCUT2D eigenvalue weighted by Crippen LogP contribution is -2.42. The van der Waals surface area contributed by atoms with Crippen LogP contribution in [0.2, 0.25) is 0 Å². The Morgan fingerprint density at radius 2 is 2.20 bits per heavy atom. The molecule has 0 amide bonds. The first-order valence-corrected chi connectivity index (χ1v) is 5.87. The maximum atomic E-state index is 5.75. The highest BCUT2D eigenvalue weighted by Gasteiger charge is 2.24. The van der Waals surface area contributed by atoms with E-state index in [2.05, 4.69) is 26.1 Å². The summed E-state index contributed by atoms with van der Waals surface area (Å²) in [7, 11) is 2.00. The third kappa shape index (κ3) is 4.49. The first-order chi connectivity index (χ1) is 7.04. The number of hydrogen-bond donors (Lipinski definition) is 1. The molecule has 0 radical (unpaired) electrons. The van der Waals surface area contributed by atoms with Gasteiger partial charge in [-0.1, -0.05) is 20.8 Å². The molecule has 0 aromatic heterocycles. The van der Waals surface area contributed by atoms with Crippen molar-refractivity contribution >= 4 is 0 Å². The molecule has 1 rings (SSSR count). The Balaban J connectivity index is 2.16. The van der Waals surface area contributed by atoms with Crippen molar-refractivity contribution in [3.05, 3.63) is 0 Å². The number of likely N-dealkylation sites (N-methyl/N-ethyl adjacent to an activating group) is 1. The lowest BCUT2D eigenvalue weighted by Gasteiger charge is -2.30. The summed E-state index contributed by atoms with van der Waals surface area (Å²) in [6, 6.07) is 0.417. The van der Waals surface area contributed by atoms with Crippen LogP contribution in [0.4, 0.5) is 0 Å². The van der Waals surface area contributed by atoms with E-state index >= 15 is 0 Å². The summed E-state index contributed by atoms with van der Waals surface area (Å²) in [5, 5.41) is 3.31. The molecule has 1 aliphatic rings. The first kappa shape index (κ1) is 12.9. The van der Waals surface area contributed by atoms with Gasteiger partial charge >= 0.3 is 0 Å². The van der Waals surface area contributed by atoms with Crippen LogP contribution in [-0.4, -0.2) is 39.5 Å². The van der Waals surface area contributed by atoms with Crippen LogP contribution in [0.3, 0.4) is 0 Å². The van der Waals surface area contributed by atoms with Crippen molar-refractivity contribution in [2.45, 2.75) is 33.2 Å². The normalized spacial score (nSPS) is 24.4. The predicted molar refractivity (Wildman–Crippen MR) is 62.0 cm³/mol. The van der Waals surface area contributed by atoms with Gasteiger partial charge in [-0.3, -0.25) is 0 Å². The maximum absolute atomic E-state index is 5.75. The van der Waals surface area contributed by atoms with Crippen molar-refractivity contribution in [2.75, 3.05) is 33.5 Å².